The molecule has 28 heavy (non-hydrogen) atoms. The van der Waals surface area contributed by atoms with Gasteiger partial charge in [0.05, 0.1) is 0 Å². The van der Waals surface area contributed by atoms with Gasteiger partial charge in [-0.05, 0) is 46.9 Å². The molecule has 2 amide bonds. The second-order valence-corrected chi connectivity index (χ2v) is 8.36. The maximum Gasteiger partial charge on any atom is 0.223 e. The fraction of sp³-hybridized carbons (Fsp3) is 0.364. The van der Waals surface area contributed by atoms with Gasteiger partial charge in [0.15, 0.2) is 0 Å². The van der Waals surface area contributed by atoms with Crippen molar-refractivity contribution in [2.24, 2.45) is 18.7 Å². The number of aromatic nitrogens is 1. The quantitative estimate of drug-likeness (QED) is 0.719. The number of amides is 2. The Balaban J connectivity index is 1.60. The number of para-hydroxylation sites is 1. The topological polar surface area (TPSA) is 68.3 Å². The van der Waals surface area contributed by atoms with E-state index < -0.39 is 0 Å². The minimum absolute atomic E-state index is 0.0266. The van der Waals surface area contributed by atoms with Gasteiger partial charge in [-0.25, -0.2) is 0 Å². The van der Waals surface area contributed by atoms with E-state index in [1.165, 1.54) is 22.0 Å². The largest absolute Gasteiger partial charge is 0.369 e. The summed E-state index contributed by atoms with van der Waals surface area (Å²) in [6, 6.07) is 10.4. The molecule has 1 unspecified atom stereocenters. The van der Waals surface area contributed by atoms with E-state index in [4.69, 9.17) is 5.73 Å². The lowest BCUT2D eigenvalue weighted by Crippen LogP contribution is -2.42. The Hall–Kier alpha value is -2.60. The summed E-state index contributed by atoms with van der Waals surface area (Å²) in [4.78, 5) is 26.4. The summed E-state index contributed by atoms with van der Waals surface area (Å²) in [6.45, 7) is 1.22. The SMILES string of the molecule is Cn1cc(C(CC(=O)N2CCC(C(N)=O)CC2)c2ccsc2)c2ccccc21. The first-order valence-electron chi connectivity index (χ1n) is 9.67. The van der Waals surface area contributed by atoms with Crippen LogP contribution in [-0.2, 0) is 16.6 Å². The summed E-state index contributed by atoms with van der Waals surface area (Å²) in [5, 5.41) is 5.40. The second-order valence-electron chi connectivity index (χ2n) is 7.58. The second kappa shape index (κ2) is 7.80. The Morgan fingerprint density at radius 2 is 1.96 bits per heavy atom. The monoisotopic (exact) mass is 395 g/mol. The number of hydrogen-bond acceptors (Lipinski definition) is 3. The maximum absolute atomic E-state index is 13.1. The maximum atomic E-state index is 13.1. The molecule has 1 aliphatic heterocycles. The molecule has 2 aromatic heterocycles. The van der Waals surface area contributed by atoms with Crippen LogP contribution in [0.2, 0.25) is 0 Å². The van der Waals surface area contributed by atoms with Gasteiger partial charge in [0.1, 0.15) is 0 Å². The van der Waals surface area contributed by atoms with Crippen molar-refractivity contribution in [3.8, 4) is 0 Å². The minimum atomic E-state index is -0.251. The van der Waals surface area contributed by atoms with Crippen LogP contribution in [0, 0.1) is 5.92 Å². The lowest BCUT2D eigenvalue weighted by Gasteiger charge is -2.31. The number of nitrogens with zero attached hydrogens (tertiary/aromatic N) is 2. The molecule has 3 heterocycles. The predicted molar refractivity (Wildman–Crippen MR) is 112 cm³/mol. The summed E-state index contributed by atoms with van der Waals surface area (Å²) in [7, 11) is 2.05. The molecule has 0 spiro atoms. The first kappa shape index (κ1) is 18.7. The zero-order valence-corrected chi connectivity index (χ0v) is 16.8. The van der Waals surface area contributed by atoms with Crippen molar-refractivity contribution in [2.75, 3.05) is 13.1 Å². The fourth-order valence-electron chi connectivity index (χ4n) is 4.25. The summed E-state index contributed by atoms with van der Waals surface area (Å²) in [5.74, 6) is -0.181. The van der Waals surface area contributed by atoms with Gasteiger partial charge in [0, 0.05) is 55.5 Å². The van der Waals surface area contributed by atoms with E-state index in [2.05, 4.69) is 39.7 Å². The Bertz CT molecular complexity index is 985. The van der Waals surface area contributed by atoms with Crippen LogP contribution in [0.4, 0.5) is 0 Å². The zero-order valence-electron chi connectivity index (χ0n) is 16.0. The molecule has 3 aromatic rings. The first-order chi connectivity index (χ1) is 13.5. The van der Waals surface area contributed by atoms with E-state index in [9.17, 15) is 9.59 Å². The highest BCUT2D eigenvalue weighted by atomic mass is 32.1. The van der Waals surface area contributed by atoms with E-state index >= 15 is 0 Å². The summed E-state index contributed by atoms with van der Waals surface area (Å²) < 4.78 is 2.13. The molecule has 0 radical (unpaired) electrons. The molecule has 2 N–H and O–H groups in total. The Kier molecular flexibility index (Phi) is 5.22. The summed E-state index contributed by atoms with van der Waals surface area (Å²) in [5.41, 5.74) is 8.97. The molecule has 4 rings (SSSR count). The molecule has 0 saturated carbocycles. The van der Waals surface area contributed by atoms with Crippen LogP contribution in [0.3, 0.4) is 0 Å². The third-order valence-electron chi connectivity index (χ3n) is 5.88. The molecular weight excluding hydrogens is 370 g/mol. The van der Waals surface area contributed by atoms with Crippen molar-refractivity contribution in [1.82, 2.24) is 9.47 Å². The normalized spacial score (nSPS) is 16.4. The van der Waals surface area contributed by atoms with E-state index in [0.29, 0.717) is 32.4 Å². The number of benzene rings is 1. The standard InChI is InChI=1S/C22H25N3O2S/c1-24-13-19(17-4-2-3-5-20(17)24)18(16-8-11-28-14-16)12-21(26)25-9-6-15(7-10-25)22(23)27/h2-5,8,11,13-15,18H,6-7,9-10,12H2,1H3,(H2,23,27). The number of piperidine rings is 1. The van der Waals surface area contributed by atoms with E-state index in [1.54, 1.807) is 11.3 Å². The number of likely N-dealkylation sites (tertiary alicyclic amines) is 1. The number of thiophene rings is 1. The van der Waals surface area contributed by atoms with Crippen molar-refractivity contribution >= 4 is 34.1 Å². The van der Waals surface area contributed by atoms with Gasteiger partial charge in [0.25, 0.3) is 0 Å². The van der Waals surface area contributed by atoms with Gasteiger partial charge in [-0.2, -0.15) is 11.3 Å². The van der Waals surface area contributed by atoms with Crippen molar-refractivity contribution in [3.05, 3.63) is 58.4 Å². The van der Waals surface area contributed by atoms with E-state index in [-0.39, 0.29) is 23.7 Å². The highest BCUT2D eigenvalue weighted by Gasteiger charge is 2.29. The van der Waals surface area contributed by atoms with Crippen LogP contribution in [0.15, 0.2) is 47.3 Å². The van der Waals surface area contributed by atoms with Crippen LogP contribution in [0.5, 0.6) is 0 Å². The van der Waals surface area contributed by atoms with Gasteiger partial charge in [-0.3, -0.25) is 9.59 Å². The Labute approximate surface area is 168 Å². The molecule has 1 fully saturated rings. The van der Waals surface area contributed by atoms with Crippen LogP contribution in [-0.4, -0.2) is 34.4 Å². The number of hydrogen-bond donors (Lipinski definition) is 1. The molecule has 1 aromatic carbocycles. The molecule has 1 aliphatic rings. The third kappa shape index (κ3) is 3.56. The number of nitrogens with two attached hydrogens (primary N) is 1. The van der Waals surface area contributed by atoms with Crippen molar-refractivity contribution in [1.29, 1.82) is 0 Å². The Morgan fingerprint density at radius 1 is 1.21 bits per heavy atom. The Morgan fingerprint density at radius 3 is 2.64 bits per heavy atom. The average Bonchev–Trinajstić information content (AvgIpc) is 3.35. The predicted octanol–water partition coefficient (Wildman–Crippen LogP) is 3.49. The van der Waals surface area contributed by atoms with Crippen LogP contribution in [0.1, 0.15) is 36.3 Å². The van der Waals surface area contributed by atoms with Crippen LogP contribution >= 0.6 is 11.3 Å². The van der Waals surface area contributed by atoms with E-state index in [1.807, 2.05) is 24.1 Å². The van der Waals surface area contributed by atoms with Crippen molar-refractivity contribution < 1.29 is 9.59 Å². The highest BCUT2D eigenvalue weighted by Crippen LogP contribution is 2.36. The fourth-order valence-corrected chi connectivity index (χ4v) is 4.96. The molecule has 6 heteroatoms. The first-order valence-corrected chi connectivity index (χ1v) is 10.6. The number of primary amides is 1. The number of carbonyl (C=O) groups is 2. The molecule has 0 aliphatic carbocycles. The molecule has 146 valence electrons. The van der Waals surface area contributed by atoms with Gasteiger partial charge in [-0.15, -0.1) is 0 Å². The van der Waals surface area contributed by atoms with Crippen LogP contribution < -0.4 is 5.73 Å². The number of carbonyl (C=O) groups excluding carboxylic acids is 2. The molecular formula is C22H25N3O2S. The minimum Gasteiger partial charge on any atom is -0.369 e. The van der Waals surface area contributed by atoms with Gasteiger partial charge in [0.2, 0.25) is 11.8 Å². The molecule has 0 bridgehead atoms. The molecule has 1 saturated heterocycles. The van der Waals surface area contributed by atoms with Gasteiger partial charge in [-0.1, -0.05) is 18.2 Å². The summed E-state index contributed by atoms with van der Waals surface area (Å²) in [6.07, 6.45) is 3.92. The number of aryl methyl sites for hydroxylation is 1. The van der Waals surface area contributed by atoms with Crippen molar-refractivity contribution in [3.63, 3.8) is 0 Å². The number of rotatable bonds is 5. The third-order valence-corrected chi connectivity index (χ3v) is 6.58. The number of fused-ring (bicyclic) bond motifs is 1. The lowest BCUT2D eigenvalue weighted by atomic mass is 9.88. The summed E-state index contributed by atoms with van der Waals surface area (Å²) >= 11 is 1.66. The zero-order chi connectivity index (χ0) is 19.7. The van der Waals surface area contributed by atoms with Crippen molar-refractivity contribution in [2.45, 2.75) is 25.2 Å². The molecule has 5 nitrogen and oxygen atoms in total. The lowest BCUT2D eigenvalue weighted by molar-refractivity contribution is -0.135. The smallest absolute Gasteiger partial charge is 0.223 e. The van der Waals surface area contributed by atoms with Crippen LogP contribution in [0.25, 0.3) is 10.9 Å². The average molecular weight is 396 g/mol. The molecule has 1 atom stereocenters. The van der Waals surface area contributed by atoms with Gasteiger partial charge < -0.3 is 15.2 Å². The highest BCUT2D eigenvalue weighted by molar-refractivity contribution is 7.08. The van der Waals surface area contributed by atoms with Gasteiger partial charge >= 0.3 is 0 Å². The van der Waals surface area contributed by atoms with E-state index in [0.717, 1.165) is 0 Å².